The smallest absolute Gasteiger partial charge is 0.333 e. The quantitative estimate of drug-likeness (QED) is 0.562. The number of carbonyl (C=O) groups is 3. The highest BCUT2D eigenvalue weighted by molar-refractivity contribution is 7.13. The summed E-state index contributed by atoms with van der Waals surface area (Å²) < 4.78 is 0. The second-order valence-corrected chi connectivity index (χ2v) is 9.29. The average Bonchev–Trinajstić information content (AvgIpc) is 3.19. The number of fused-ring (bicyclic) bond motifs is 3. The Morgan fingerprint density at radius 1 is 0.966 bits per heavy atom. The van der Waals surface area contributed by atoms with Gasteiger partial charge in [0.1, 0.15) is 5.57 Å². The molecular weight excluding hydrogens is 386 g/mol. The fourth-order valence-electron chi connectivity index (χ4n) is 3.95. The lowest BCUT2D eigenvalue weighted by Gasteiger charge is -2.28. The molecular formula is C22H23N3O3S. The van der Waals surface area contributed by atoms with Gasteiger partial charge in [-0.2, -0.15) is 0 Å². The van der Waals surface area contributed by atoms with Gasteiger partial charge in [0.15, 0.2) is 0 Å². The largest absolute Gasteiger partial charge is 0.378 e. The maximum Gasteiger partial charge on any atom is 0.333 e. The van der Waals surface area contributed by atoms with Crippen LogP contribution in [0.15, 0.2) is 29.8 Å². The monoisotopic (exact) mass is 409 g/mol. The summed E-state index contributed by atoms with van der Waals surface area (Å²) in [5.74, 6) is -1.14. The van der Waals surface area contributed by atoms with E-state index in [2.05, 4.69) is 36.9 Å². The van der Waals surface area contributed by atoms with E-state index < -0.39 is 17.8 Å². The molecule has 4 amide bonds. The Morgan fingerprint density at radius 3 is 2.17 bits per heavy atom. The zero-order chi connectivity index (χ0) is 21.2. The third-order valence-electron chi connectivity index (χ3n) is 5.73. The highest BCUT2D eigenvalue weighted by atomic mass is 32.1. The Hall–Kier alpha value is -2.93. The summed E-state index contributed by atoms with van der Waals surface area (Å²) in [6, 6.07) is 7.89. The SMILES string of the molecule is CN1C(=O)C(=Cc2cc3c(s2)C(C)(C)c2cc(N(C)C)ccc2-3)C(=O)N(C)C1=O. The molecule has 0 atom stereocenters. The van der Waals surface area contributed by atoms with Crippen molar-refractivity contribution in [3.8, 4) is 11.1 Å². The van der Waals surface area contributed by atoms with E-state index in [0.717, 1.165) is 25.9 Å². The highest BCUT2D eigenvalue weighted by Gasteiger charge is 2.40. The molecule has 7 heteroatoms. The summed E-state index contributed by atoms with van der Waals surface area (Å²) in [6.07, 6.45) is 1.61. The molecule has 1 aliphatic heterocycles. The van der Waals surface area contributed by atoms with Crippen LogP contribution in [0.1, 0.15) is 29.2 Å². The molecule has 0 unspecified atom stereocenters. The summed E-state index contributed by atoms with van der Waals surface area (Å²) in [5, 5.41) is 0. The van der Waals surface area contributed by atoms with Crippen LogP contribution in [0, 0.1) is 0 Å². The molecule has 2 aromatic rings. The number of urea groups is 1. The molecule has 2 heterocycles. The molecule has 29 heavy (non-hydrogen) atoms. The lowest BCUT2D eigenvalue weighted by Crippen LogP contribution is -2.52. The summed E-state index contributed by atoms with van der Waals surface area (Å²) in [4.78, 5) is 43.0. The van der Waals surface area contributed by atoms with Crippen molar-refractivity contribution in [2.24, 2.45) is 0 Å². The van der Waals surface area contributed by atoms with Gasteiger partial charge in [-0.05, 0) is 41.0 Å². The second-order valence-electron chi connectivity index (χ2n) is 8.21. The normalized spacial score (nSPS) is 17.6. The van der Waals surface area contributed by atoms with Crippen LogP contribution in [0.4, 0.5) is 10.5 Å². The summed E-state index contributed by atoms with van der Waals surface area (Å²) in [5.41, 5.74) is 4.60. The van der Waals surface area contributed by atoms with E-state index >= 15 is 0 Å². The number of carbonyl (C=O) groups excluding carboxylic acids is 3. The lowest BCUT2D eigenvalue weighted by atomic mass is 9.86. The second kappa shape index (κ2) is 6.29. The van der Waals surface area contributed by atoms with Gasteiger partial charge in [-0.15, -0.1) is 11.3 Å². The number of thiophene rings is 1. The van der Waals surface area contributed by atoms with Crippen LogP contribution in [-0.4, -0.2) is 55.8 Å². The van der Waals surface area contributed by atoms with Gasteiger partial charge in [0.2, 0.25) is 0 Å². The lowest BCUT2D eigenvalue weighted by molar-refractivity contribution is -0.134. The summed E-state index contributed by atoms with van der Waals surface area (Å²) in [6.45, 7) is 4.39. The van der Waals surface area contributed by atoms with E-state index in [1.807, 2.05) is 20.2 Å². The van der Waals surface area contributed by atoms with Gasteiger partial charge >= 0.3 is 6.03 Å². The third kappa shape index (κ3) is 2.72. The van der Waals surface area contributed by atoms with E-state index in [-0.39, 0.29) is 11.0 Å². The van der Waals surface area contributed by atoms with Crippen LogP contribution in [0.3, 0.4) is 0 Å². The van der Waals surface area contributed by atoms with Crippen LogP contribution in [0.25, 0.3) is 17.2 Å². The standard InChI is InChI=1S/C22H23N3O3S/c1-22(2)17-9-12(23(3)4)7-8-14(17)15-10-13(29-18(15)22)11-16-19(26)24(5)21(28)25(6)20(16)27/h7-11H,1-6H3. The molecule has 1 saturated heterocycles. The minimum absolute atomic E-state index is 0.00973. The fraction of sp³-hybridized carbons (Fsp3) is 0.318. The molecule has 1 aliphatic carbocycles. The van der Waals surface area contributed by atoms with E-state index in [9.17, 15) is 14.4 Å². The average molecular weight is 410 g/mol. The molecule has 150 valence electrons. The van der Waals surface area contributed by atoms with Crippen LogP contribution in [0.2, 0.25) is 0 Å². The zero-order valence-electron chi connectivity index (χ0n) is 17.4. The minimum atomic E-state index is -0.613. The number of barbiturate groups is 1. The Balaban J connectivity index is 1.80. The maximum absolute atomic E-state index is 12.5. The number of rotatable bonds is 2. The van der Waals surface area contributed by atoms with E-state index in [1.165, 1.54) is 30.1 Å². The van der Waals surface area contributed by atoms with Crippen molar-refractivity contribution in [3.63, 3.8) is 0 Å². The number of amides is 4. The number of benzene rings is 1. The van der Waals surface area contributed by atoms with Crippen molar-refractivity contribution < 1.29 is 14.4 Å². The van der Waals surface area contributed by atoms with Crippen LogP contribution >= 0.6 is 11.3 Å². The van der Waals surface area contributed by atoms with Crippen molar-refractivity contribution in [1.82, 2.24) is 9.80 Å². The number of hydrogen-bond donors (Lipinski definition) is 0. The van der Waals surface area contributed by atoms with Gasteiger partial charge in [0, 0.05) is 49.0 Å². The molecule has 1 fully saturated rings. The van der Waals surface area contributed by atoms with Crippen LogP contribution < -0.4 is 4.90 Å². The van der Waals surface area contributed by atoms with E-state index in [1.54, 1.807) is 17.4 Å². The van der Waals surface area contributed by atoms with Crippen molar-refractivity contribution in [2.45, 2.75) is 19.3 Å². The van der Waals surface area contributed by atoms with E-state index in [4.69, 9.17) is 0 Å². The molecule has 1 aromatic heterocycles. The molecule has 0 bridgehead atoms. The highest BCUT2D eigenvalue weighted by Crippen LogP contribution is 2.53. The molecule has 2 aliphatic rings. The first kappa shape index (κ1) is 19.4. The van der Waals surface area contributed by atoms with Gasteiger partial charge in [0.25, 0.3) is 11.8 Å². The van der Waals surface area contributed by atoms with Gasteiger partial charge in [-0.1, -0.05) is 19.9 Å². The number of anilines is 1. The molecule has 4 rings (SSSR count). The van der Waals surface area contributed by atoms with Gasteiger partial charge in [0.05, 0.1) is 0 Å². The Morgan fingerprint density at radius 2 is 1.59 bits per heavy atom. The molecule has 1 aromatic carbocycles. The Kier molecular flexibility index (Phi) is 4.20. The predicted molar refractivity (Wildman–Crippen MR) is 115 cm³/mol. The third-order valence-corrected chi connectivity index (χ3v) is 7.14. The van der Waals surface area contributed by atoms with Gasteiger partial charge in [-0.25, -0.2) is 4.79 Å². The van der Waals surface area contributed by atoms with Gasteiger partial charge in [-0.3, -0.25) is 19.4 Å². The number of imide groups is 2. The molecule has 0 N–H and O–H groups in total. The van der Waals surface area contributed by atoms with E-state index in [0.29, 0.717) is 0 Å². The van der Waals surface area contributed by atoms with Crippen LogP contribution in [-0.2, 0) is 15.0 Å². The van der Waals surface area contributed by atoms with Crippen molar-refractivity contribution in [1.29, 1.82) is 0 Å². The van der Waals surface area contributed by atoms with Crippen LogP contribution in [0.5, 0.6) is 0 Å². The summed E-state index contributed by atoms with van der Waals surface area (Å²) >= 11 is 1.58. The van der Waals surface area contributed by atoms with Crippen molar-refractivity contribution in [3.05, 3.63) is 45.2 Å². The molecule has 0 saturated carbocycles. The Bertz CT molecular complexity index is 1080. The first-order valence-corrected chi connectivity index (χ1v) is 10.1. The summed E-state index contributed by atoms with van der Waals surface area (Å²) in [7, 11) is 6.83. The minimum Gasteiger partial charge on any atom is -0.378 e. The van der Waals surface area contributed by atoms with Crippen molar-refractivity contribution in [2.75, 3.05) is 33.1 Å². The number of hydrogen-bond acceptors (Lipinski definition) is 5. The topological polar surface area (TPSA) is 60.9 Å². The predicted octanol–water partition coefficient (Wildman–Crippen LogP) is 3.55. The maximum atomic E-state index is 12.5. The molecule has 0 spiro atoms. The molecule has 0 radical (unpaired) electrons. The Labute approximate surface area is 174 Å². The number of likely N-dealkylation sites (N-methyl/N-ethyl adjacent to an activating group) is 2. The number of nitrogens with zero attached hydrogens (tertiary/aromatic N) is 3. The first-order chi connectivity index (χ1) is 13.5. The van der Waals surface area contributed by atoms with Gasteiger partial charge < -0.3 is 4.90 Å². The molecule has 6 nitrogen and oxygen atoms in total. The zero-order valence-corrected chi connectivity index (χ0v) is 18.2. The fourth-order valence-corrected chi connectivity index (χ4v) is 5.18. The first-order valence-electron chi connectivity index (χ1n) is 9.32. The van der Waals surface area contributed by atoms with Crippen molar-refractivity contribution >= 4 is 40.9 Å².